The minimum absolute atomic E-state index is 0.0596. The molecule has 7 heteroatoms. The Morgan fingerprint density at radius 1 is 1.24 bits per heavy atom. The molecule has 156 valence electrons. The molecule has 1 aromatic carbocycles. The maximum absolute atomic E-state index is 11.8. The molecule has 2 heterocycles. The molecule has 1 aliphatic rings. The Kier molecular flexibility index (Phi) is 6.56. The van der Waals surface area contributed by atoms with Gasteiger partial charge in [0.1, 0.15) is 5.76 Å². The van der Waals surface area contributed by atoms with Gasteiger partial charge in [-0.1, -0.05) is 45.0 Å². The van der Waals surface area contributed by atoms with Crippen molar-refractivity contribution >= 4 is 11.9 Å². The number of carbonyl (C=O) groups is 1. The lowest BCUT2D eigenvalue weighted by Gasteiger charge is -2.16. The van der Waals surface area contributed by atoms with Crippen molar-refractivity contribution in [1.29, 1.82) is 0 Å². The molecule has 0 radical (unpaired) electrons. The van der Waals surface area contributed by atoms with E-state index >= 15 is 0 Å². The first-order valence-electron chi connectivity index (χ1n) is 10.1. The maximum atomic E-state index is 11.8. The van der Waals surface area contributed by atoms with Crippen molar-refractivity contribution < 1.29 is 9.21 Å². The SMILES string of the molecule is CN=C(NCc1cccc(CN2CCCC2=O)c1)NCc1ncc(C(C)(C)C)o1. The van der Waals surface area contributed by atoms with Crippen LogP contribution in [0.4, 0.5) is 0 Å². The predicted octanol–water partition coefficient (Wildman–Crippen LogP) is 2.96. The number of oxazole rings is 1. The summed E-state index contributed by atoms with van der Waals surface area (Å²) < 4.78 is 5.80. The molecular formula is C22H31N5O2. The van der Waals surface area contributed by atoms with Gasteiger partial charge >= 0.3 is 0 Å². The molecule has 2 N–H and O–H groups in total. The van der Waals surface area contributed by atoms with E-state index in [9.17, 15) is 4.79 Å². The monoisotopic (exact) mass is 397 g/mol. The zero-order valence-corrected chi connectivity index (χ0v) is 17.8. The van der Waals surface area contributed by atoms with Crippen LogP contribution in [0.1, 0.15) is 56.4 Å². The Labute approximate surface area is 172 Å². The predicted molar refractivity (Wildman–Crippen MR) is 113 cm³/mol. The number of nitrogens with zero attached hydrogens (tertiary/aromatic N) is 3. The fourth-order valence-corrected chi connectivity index (χ4v) is 3.23. The van der Waals surface area contributed by atoms with Crippen LogP contribution in [-0.4, -0.2) is 35.3 Å². The summed E-state index contributed by atoms with van der Waals surface area (Å²) in [6.07, 6.45) is 3.42. The summed E-state index contributed by atoms with van der Waals surface area (Å²) in [6, 6.07) is 8.30. The number of hydrogen-bond acceptors (Lipinski definition) is 4. The van der Waals surface area contributed by atoms with Gasteiger partial charge in [-0.05, 0) is 17.5 Å². The highest BCUT2D eigenvalue weighted by molar-refractivity contribution is 5.79. The summed E-state index contributed by atoms with van der Waals surface area (Å²) in [4.78, 5) is 22.4. The minimum Gasteiger partial charge on any atom is -0.443 e. The molecule has 7 nitrogen and oxygen atoms in total. The molecule has 1 aliphatic heterocycles. The summed E-state index contributed by atoms with van der Waals surface area (Å²) in [5.41, 5.74) is 2.23. The number of likely N-dealkylation sites (tertiary alicyclic amines) is 1. The van der Waals surface area contributed by atoms with Gasteiger partial charge in [-0.15, -0.1) is 0 Å². The number of guanidine groups is 1. The molecule has 29 heavy (non-hydrogen) atoms. The fraction of sp³-hybridized carbons (Fsp3) is 0.500. The number of nitrogens with one attached hydrogen (secondary N) is 2. The highest BCUT2D eigenvalue weighted by Gasteiger charge is 2.20. The van der Waals surface area contributed by atoms with Crippen molar-refractivity contribution in [3.05, 3.63) is 53.2 Å². The quantitative estimate of drug-likeness (QED) is 0.578. The summed E-state index contributed by atoms with van der Waals surface area (Å²) in [7, 11) is 1.74. The average Bonchev–Trinajstić information content (AvgIpc) is 3.32. The van der Waals surface area contributed by atoms with Crippen molar-refractivity contribution in [2.24, 2.45) is 4.99 Å². The van der Waals surface area contributed by atoms with E-state index < -0.39 is 0 Å². The smallest absolute Gasteiger partial charge is 0.222 e. The molecular weight excluding hydrogens is 366 g/mol. The van der Waals surface area contributed by atoms with E-state index in [0.717, 1.165) is 29.9 Å². The van der Waals surface area contributed by atoms with Crippen LogP contribution in [0.15, 0.2) is 39.9 Å². The maximum Gasteiger partial charge on any atom is 0.222 e. The van der Waals surface area contributed by atoms with Gasteiger partial charge in [0, 0.05) is 38.5 Å². The lowest BCUT2D eigenvalue weighted by Crippen LogP contribution is -2.36. The Morgan fingerprint density at radius 2 is 2.00 bits per heavy atom. The van der Waals surface area contributed by atoms with Gasteiger partial charge in [0.15, 0.2) is 5.96 Å². The van der Waals surface area contributed by atoms with Gasteiger partial charge in [0.2, 0.25) is 11.8 Å². The van der Waals surface area contributed by atoms with E-state index in [1.165, 1.54) is 0 Å². The van der Waals surface area contributed by atoms with Crippen LogP contribution in [0, 0.1) is 0 Å². The topological polar surface area (TPSA) is 82.8 Å². The lowest BCUT2D eigenvalue weighted by atomic mass is 9.94. The van der Waals surface area contributed by atoms with Crippen LogP contribution in [-0.2, 0) is 29.8 Å². The molecule has 1 saturated heterocycles. The highest BCUT2D eigenvalue weighted by Crippen LogP contribution is 2.22. The van der Waals surface area contributed by atoms with Crippen molar-refractivity contribution in [1.82, 2.24) is 20.5 Å². The van der Waals surface area contributed by atoms with Crippen LogP contribution in [0.3, 0.4) is 0 Å². The third-order valence-electron chi connectivity index (χ3n) is 4.92. The lowest BCUT2D eigenvalue weighted by molar-refractivity contribution is -0.128. The molecule has 0 bridgehead atoms. The molecule has 1 amide bonds. The van der Waals surface area contributed by atoms with Gasteiger partial charge in [0.05, 0.1) is 12.7 Å². The van der Waals surface area contributed by atoms with Gasteiger partial charge in [-0.2, -0.15) is 0 Å². The van der Waals surface area contributed by atoms with E-state index in [0.29, 0.717) is 37.9 Å². The molecule has 0 spiro atoms. The van der Waals surface area contributed by atoms with E-state index in [-0.39, 0.29) is 11.3 Å². The standard InChI is InChI=1S/C22H31N5O2/c1-22(2,3)18-13-24-19(29-18)14-26-21(23-4)25-12-16-7-5-8-17(11-16)15-27-10-6-9-20(27)28/h5,7-8,11,13H,6,9-10,12,14-15H2,1-4H3,(H2,23,25,26). The zero-order chi connectivity index (χ0) is 20.9. The molecule has 0 aliphatic carbocycles. The van der Waals surface area contributed by atoms with Crippen LogP contribution in [0.25, 0.3) is 0 Å². The van der Waals surface area contributed by atoms with Crippen molar-refractivity contribution in [3.63, 3.8) is 0 Å². The molecule has 0 unspecified atom stereocenters. The van der Waals surface area contributed by atoms with Crippen molar-refractivity contribution in [3.8, 4) is 0 Å². The Bertz CT molecular complexity index is 866. The summed E-state index contributed by atoms with van der Waals surface area (Å²) in [5.74, 6) is 2.43. The molecule has 0 atom stereocenters. The Morgan fingerprint density at radius 3 is 2.66 bits per heavy atom. The first-order chi connectivity index (χ1) is 13.8. The Hall–Kier alpha value is -2.83. The van der Waals surface area contributed by atoms with Gasteiger partial charge < -0.3 is 20.0 Å². The first-order valence-corrected chi connectivity index (χ1v) is 10.1. The third-order valence-corrected chi connectivity index (χ3v) is 4.92. The summed E-state index contributed by atoms with van der Waals surface area (Å²) >= 11 is 0. The van der Waals surface area contributed by atoms with Gasteiger partial charge in [0.25, 0.3) is 0 Å². The number of carbonyl (C=O) groups excluding carboxylic acids is 1. The third kappa shape index (κ3) is 5.82. The van der Waals surface area contributed by atoms with Crippen LogP contribution < -0.4 is 10.6 Å². The Balaban J connectivity index is 1.51. The van der Waals surface area contributed by atoms with Crippen LogP contribution in [0.2, 0.25) is 0 Å². The summed E-state index contributed by atoms with van der Waals surface area (Å²) in [6.45, 7) is 8.93. The van der Waals surface area contributed by atoms with Crippen LogP contribution >= 0.6 is 0 Å². The van der Waals surface area contributed by atoms with Gasteiger partial charge in [-0.25, -0.2) is 4.98 Å². The molecule has 1 aromatic heterocycles. The second-order valence-electron chi connectivity index (χ2n) is 8.39. The van der Waals surface area contributed by atoms with E-state index in [1.54, 1.807) is 13.2 Å². The minimum atomic E-state index is -0.0596. The van der Waals surface area contributed by atoms with Crippen molar-refractivity contribution in [2.45, 2.75) is 58.7 Å². The largest absolute Gasteiger partial charge is 0.443 e. The summed E-state index contributed by atoms with van der Waals surface area (Å²) in [5, 5.41) is 6.54. The number of amides is 1. The molecule has 1 fully saturated rings. The van der Waals surface area contributed by atoms with Gasteiger partial charge in [-0.3, -0.25) is 9.79 Å². The normalized spacial score (nSPS) is 15.1. The van der Waals surface area contributed by atoms with E-state index in [1.807, 2.05) is 11.0 Å². The second-order valence-corrected chi connectivity index (χ2v) is 8.39. The molecule has 0 saturated carbocycles. The van der Waals surface area contributed by atoms with Crippen LogP contribution in [0.5, 0.6) is 0 Å². The second kappa shape index (κ2) is 9.11. The number of hydrogen-bond donors (Lipinski definition) is 2. The van der Waals surface area contributed by atoms with E-state index in [4.69, 9.17) is 4.42 Å². The molecule has 2 aromatic rings. The molecule has 3 rings (SSSR count). The van der Waals surface area contributed by atoms with Crippen molar-refractivity contribution in [2.75, 3.05) is 13.6 Å². The number of benzene rings is 1. The highest BCUT2D eigenvalue weighted by atomic mass is 16.4. The van der Waals surface area contributed by atoms with E-state index in [2.05, 4.69) is 59.6 Å². The number of aromatic nitrogens is 1. The zero-order valence-electron chi connectivity index (χ0n) is 17.8. The number of aliphatic imine (C=N–C) groups is 1. The first kappa shape index (κ1) is 20.9. The fourth-order valence-electron chi connectivity index (χ4n) is 3.23. The average molecular weight is 398 g/mol. The number of rotatable bonds is 6.